The molecular weight excluding hydrogens is 248 g/mol. The molecule has 0 bridgehead atoms. The molecule has 1 unspecified atom stereocenters. The Morgan fingerprint density at radius 3 is 2.42 bits per heavy atom. The number of amides is 2. The molecule has 1 rings (SSSR count). The normalized spacial score (nSPS) is 11.5. The van der Waals surface area contributed by atoms with E-state index in [9.17, 15) is 9.59 Å². The minimum Gasteiger partial charge on any atom is -0.427 e. The molecule has 0 spiro atoms. The summed E-state index contributed by atoms with van der Waals surface area (Å²) in [6.07, 6.45) is -0.250. The summed E-state index contributed by atoms with van der Waals surface area (Å²) in [5, 5.41) is 22.8. The molecule has 4 N–H and O–H groups in total. The third kappa shape index (κ3) is 6.03. The van der Waals surface area contributed by atoms with Crippen LogP contribution in [0.5, 0.6) is 0 Å². The molecule has 0 aliphatic rings. The van der Waals surface area contributed by atoms with Gasteiger partial charge in [0.05, 0.1) is 0 Å². The van der Waals surface area contributed by atoms with Crippen LogP contribution in [-0.2, 0) is 16.1 Å². The van der Waals surface area contributed by atoms with Crippen LogP contribution in [0.2, 0.25) is 6.32 Å². The van der Waals surface area contributed by atoms with Crippen molar-refractivity contribution in [2.75, 3.05) is 0 Å². The van der Waals surface area contributed by atoms with E-state index in [-0.39, 0.29) is 6.32 Å². The van der Waals surface area contributed by atoms with Gasteiger partial charge in [0.2, 0.25) is 11.8 Å². The molecular formula is C12H17BN2O4. The molecule has 0 saturated carbocycles. The maximum absolute atomic E-state index is 11.8. The van der Waals surface area contributed by atoms with E-state index < -0.39 is 25.0 Å². The Labute approximate surface area is 112 Å². The fourth-order valence-electron chi connectivity index (χ4n) is 1.60. The second kappa shape index (κ2) is 7.55. The first-order valence-corrected chi connectivity index (χ1v) is 5.94. The molecule has 0 aromatic heterocycles. The van der Waals surface area contributed by atoms with Crippen molar-refractivity contribution < 1.29 is 19.6 Å². The summed E-state index contributed by atoms with van der Waals surface area (Å²) in [6, 6.07) is 8.33. The molecule has 0 saturated heterocycles. The Morgan fingerprint density at radius 2 is 1.89 bits per heavy atom. The van der Waals surface area contributed by atoms with Crippen molar-refractivity contribution in [1.29, 1.82) is 0 Å². The third-order valence-corrected chi connectivity index (χ3v) is 2.45. The van der Waals surface area contributed by atoms with E-state index in [4.69, 9.17) is 10.0 Å². The summed E-state index contributed by atoms with van der Waals surface area (Å²) in [4.78, 5) is 22.8. The monoisotopic (exact) mass is 265 g/mol. The maximum Gasteiger partial charge on any atom is 0.454 e. The Morgan fingerprint density at radius 1 is 1.26 bits per heavy atom. The quantitative estimate of drug-likeness (QED) is 0.403. The highest BCUT2D eigenvalue weighted by Crippen LogP contribution is 2.00. The van der Waals surface area contributed by atoms with Crippen LogP contribution in [0.4, 0.5) is 0 Å². The fraction of sp³-hybridized carbons (Fsp3) is 0.333. The van der Waals surface area contributed by atoms with Gasteiger partial charge in [-0.25, -0.2) is 0 Å². The molecule has 0 aliphatic heterocycles. The Kier molecular flexibility index (Phi) is 6.04. The Balaban J connectivity index is 2.54. The van der Waals surface area contributed by atoms with E-state index in [0.717, 1.165) is 5.56 Å². The van der Waals surface area contributed by atoms with Gasteiger partial charge in [-0.1, -0.05) is 30.3 Å². The van der Waals surface area contributed by atoms with Crippen LogP contribution in [0.1, 0.15) is 12.5 Å². The average Bonchev–Trinajstić information content (AvgIpc) is 2.35. The van der Waals surface area contributed by atoms with Crippen molar-refractivity contribution in [2.24, 2.45) is 0 Å². The minimum atomic E-state index is -1.65. The van der Waals surface area contributed by atoms with Crippen LogP contribution in [0.25, 0.3) is 0 Å². The van der Waals surface area contributed by atoms with Crippen molar-refractivity contribution in [3.05, 3.63) is 35.9 Å². The predicted octanol–water partition coefficient (Wildman–Crippen LogP) is -0.720. The summed E-state index contributed by atoms with van der Waals surface area (Å²) >= 11 is 0. The van der Waals surface area contributed by atoms with E-state index in [1.807, 2.05) is 30.3 Å². The summed E-state index contributed by atoms with van der Waals surface area (Å²) in [6.45, 7) is 1.58. The smallest absolute Gasteiger partial charge is 0.427 e. The highest BCUT2D eigenvalue weighted by atomic mass is 16.4. The number of carbonyl (C=O) groups is 2. The molecule has 0 fully saturated rings. The topological polar surface area (TPSA) is 98.7 Å². The molecule has 0 radical (unpaired) electrons. The molecule has 2 amide bonds. The molecule has 102 valence electrons. The van der Waals surface area contributed by atoms with E-state index >= 15 is 0 Å². The van der Waals surface area contributed by atoms with Crippen molar-refractivity contribution in [3.8, 4) is 0 Å². The molecule has 1 aromatic carbocycles. The van der Waals surface area contributed by atoms with Gasteiger partial charge in [-0.3, -0.25) is 9.59 Å². The SMILES string of the molecule is CC(=O)[15NH]C(CB(O)O)C(=O)NCc1ccccc1. The first kappa shape index (κ1) is 15.2. The molecule has 19 heavy (non-hydrogen) atoms. The number of benzene rings is 1. The lowest BCUT2D eigenvalue weighted by Crippen LogP contribution is -2.47. The lowest BCUT2D eigenvalue weighted by Gasteiger charge is -2.17. The maximum atomic E-state index is 11.8. The van der Waals surface area contributed by atoms with Crippen molar-refractivity contribution in [1.82, 2.24) is 10.6 Å². The zero-order chi connectivity index (χ0) is 14.3. The van der Waals surface area contributed by atoms with Crippen LogP contribution in [-0.4, -0.2) is 35.0 Å². The highest BCUT2D eigenvalue weighted by molar-refractivity contribution is 6.41. The van der Waals surface area contributed by atoms with Gasteiger partial charge in [-0.15, -0.1) is 0 Å². The van der Waals surface area contributed by atoms with Crippen LogP contribution in [0.15, 0.2) is 30.3 Å². The second-order valence-corrected chi connectivity index (χ2v) is 4.17. The molecule has 1 aromatic rings. The molecule has 1 atom stereocenters. The van der Waals surface area contributed by atoms with E-state index in [2.05, 4.69) is 10.6 Å². The predicted molar refractivity (Wildman–Crippen MR) is 70.9 cm³/mol. The van der Waals surface area contributed by atoms with Gasteiger partial charge in [-0.05, 0) is 5.56 Å². The molecule has 6 nitrogen and oxygen atoms in total. The van der Waals surface area contributed by atoms with Crippen molar-refractivity contribution in [3.63, 3.8) is 0 Å². The summed E-state index contributed by atoms with van der Waals surface area (Å²) in [7, 11) is -1.65. The van der Waals surface area contributed by atoms with Gasteiger partial charge in [0.25, 0.3) is 0 Å². The van der Waals surface area contributed by atoms with Gasteiger partial charge in [0, 0.05) is 19.8 Å². The first-order valence-electron chi connectivity index (χ1n) is 5.94. The number of nitrogens with one attached hydrogen (secondary N) is 2. The van der Waals surface area contributed by atoms with E-state index in [1.165, 1.54) is 6.92 Å². The van der Waals surface area contributed by atoms with Gasteiger partial charge in [0.1, 0.15) is 6.04 Å². The van der Waals surface area contributed by atoms with E-state index in [0.29, 0.717) is 6.54 Å². The number of carbonyl (C=O) groups excluding carboxylic acids is 2. The highest BCUT2D eigenvalue weighted by Gasteiger charge is 2.24. The largest absolute Gasteiger partial charge is 0.454 e. The van der Waals surface area contributed by atoms with Gasteiger partial charge in [-0.2, -0.15) is 0 Å². The Bertz CT molecular complexity index is 425. The zero-order valence-corrected chi connectivity index (χ0v) is 10.7. The first-order chi connectivity index (χ1) is 8.99. The number of hydrogen-bond donors (Lipinski definition) is 4. The molecule has 7 heteroatoms. The molecule has 0 heterocycles. The van der Waals surface area contributed by atoms with Gasteiger partial charge >= 0.3 is 7.12 Å². The van der Waals surface area contributed by atoms with Crippen LogP contribution in [0.3, 0.4) is 0 Å². The van der Waals surface area contributed by atoms with Crippen LogP contribution >= 0.6 is 0 Å². The van der Waals surface area contributed by atoms with Crippen molar-refractivity contribution >= 4 is 18.9 Å². The number of hydrogen-bond acceptors (Lipinski definition) is 4. The van der Waals surface area contributed by atoms with E-state index in [1.54, 1.807) is 0 Å². The van der Waals surface area contributed by atoms with Gasteiger partial charge < -0.3 is 20.7 Å². The summed E-state index contributed by atoms with van der Waals surface area (Å²) in [5.74, 6) is -0.854. The van der Waals surface area contributed by atoms with Crippen LogP contribution < -0.4 is 10.6 Å². The number of rotatable bonds is 6. The lowest BCUT2D eigenvalue weighted by atomic mass is 9.82. The zero-order valence-electron chi connectivity index (χ0n) is 10.7. The van der Waals surface area contributed by atoms with Gasteiger partial charge in [0.15, 0.2) is 0 Å². The van der Waals surface area contributed by atoms with Crippen LogP contribution in [0, 0.1) is 0 Å². The summed E-state index contributed by atoms with van der Waals surface area (Å²) < 4.78 is 0. The molecule has 0 aliphatic carbocycles. The fourth-order valence-corrected chi connectivity index (χ4v) is 1.60. The second-order valence-electron chi connectivity index (χ2n) is 4.17. The van der Waals surface area contributed by atoms with Crippen molar-refractivity contribution in [2.45, 2.75) is 25.8 Å². The lowest BCUT2D eigenvalue weighted by molar-refractivity contribution is -0.127. The summed E-state index contributed by atoms with van der Waals surface area (Å²) in [5.41, 5.74) is 0.918. The standard InChI is InChI=1S/C12H17BN2O4/c1-9(16)15-11(7-13(18)19)12(17)14-8-10-5-3-2-4-6-10/h2-6,11,18-19H,7-8H2,1H3,(H,14,17)(H,15,16)/i15+1. The Hall–Kier alpha value is -1.86. The third-order valence-electron chi connectivity index (χ3n) is 2.45. The minimum absolute atomic E-state index is 0.250. The average molecular weight is 265 g/mol.